The van der Waals surface area contributed by atoms with Crippen LogP contribution in [0.4, 0.5) is 15.9 Å². The fourth-order valence-corrected chi connectivity index (χ4v) is 5.27. The van der Waals surface area contributed by atoms with Gasteiger partial charge in [0.1, 0.15) is 34.6 Å². The summed E-state index contributed by atoms with van der Waals surface area (Å²) in [5.41, 5.74) is 6.71. The topological polar surface area (TPSA) is 119 Å². The Morgan fingerprint density at radius 2 is 2.03 bits per heavy atom. The van der Waals surface area contributed by atoms with Gasteiger partial charge in [-0.2, -0.15) is 0 Å². The average Bonchev–Trinajstić information content (AvgIpc) is 3.46. The Labute approximate surface area is 193 Å². The van der Waals surface area contributed by atoms with Crippen molar-refractivity contribution in [3.05, 3.63) is 40.8 Å². The number of carbonyl (C=O) groups excluding carboxylic acids is 2. The molecular weight excluding hydrogens is 445 g/mol. The quantitative estimate of drug-likeness (QED) is 0.484. The molecule has 4 N–H and O–H groups in total. The van der Waals surface area contributed by atoms with E-state index in [1.165, 1.54) is 29.8 Å². The number of ether oxygens (including phenoxy) is 1. The zero-order valence-electron chi connectivity index (χ0n) is 18.1. The summed E-state index contributed by atoms with van der Waals surface area (Å²) >= 11 is 1.21. The second-order valence-corrected chi connectivity index (χ2v) is 9.56. The van der Waals surface area contributed by atoms with Crippen LogP contribution in [0, 0.1) is 18.7 Å². The number of fused-ring (bicyclic) bond motifs is 1. The molecule has 2 saturated carbocycles. The van der Waals surface area contributed by atoms with Crippen LogP contribution in [-0.2, 0) is 4.79 Å². The van der Waals surface area contributed by atoms with Crippen molar-refractivity contribution in [3.8, 4) is 5.75 Å². The predicted molar refractivity (Wildman–Crippen MR) is 123 cm³/mol. The van der Waals surface area contributed by atoms with Crippen LogP contribution in [0.15, 0.2) is 24.5 Å². The zero-order valence-corrected chi connectivity index (χ0v) is 18.9. The van der Waals surface area contributed by atoms with Gasteiger partial charge in [0.2, 0.25) is 5.91 Å². The molecule has 5 rings (SSSR count). The smallest absolute Gasteiger partial charge is 0.259 e. The minimum Gasteiger partial charge on any atom is -0.486 e. The molecule has 2 aliphatic rings. The number of nitrogens with two attached hydrogens (primary N) is 1. The van der Waals surface area contributed by atoms with Gasteiger partial charge in [-0.3, -0.25) is 9.59 Å². The van der Waals surface area contributed by atoms with Crippen molar-refractivity contribution in [2.75, 3.05) is 5.32 Å². The molecule has 2 aromatic heterocycles. The molecule has 8 nitrogen and oxygen atoms in total. The third-order valence-electron chi connectivity index (χ3n) is 6.15. The van der Waals surface area contributed by atoms with Gasteiger partial charge in [-0.25, -0.2) is 14.4 Å². The molecule has 33 heavy (non-hydrogen) atoms. The molecule has 1 aromatic carbocycles. The van der Waals surface area contributed by atoms with Crippen molar-refractivity contribution in [1.82, 2.24) is 15.3 Å². The first kappa shape index (κ1) is 21.6. The standard InChI is InChI=1S/C23H24FN5O3S/c1-11-18-21(26-10-27-23(18)33-19(11)20(25)30)28-15-8-7-13(24)9-17(15)32-16-4-2-3-14(16)29-22(31)12-5-6-12/h7-10,12,14,16H,2-6H2,1H3,(H2,25,30)(H,29,31)(H,26,27,28)/t14-,16-/m0/s1. The van der Waals surface area contributed by atoms with E-state index in [0.717, 1.165) is 32.1 Å². The maximum atomic E-state index is 14.1. The average molecular weight is 470 g/mol. The number of rotatable bonds is 7. The molecule has 0 bridgehead atoms. The van der Waals surface area contributed by atoms with Crippen LogP contribution in [-0.4, -0.2) is 33.9 Å². The fourth-order valence-electron chi connectivity index (χ4n) is 4.27. The van der Waals surface area contributed by atoms with E-state index < -0.39 is 11.7 Å². The van der Waals surface area contributed by atoms with Gasteiger partial charge >= 0.3 is 0 Å². The minimum absolute atomic E-state index is 0.0784. The van der Waals surface area contributed by atoms with Crippen molar-refractivity contribution >= 4 is 44.9 Å². The Morgan fingerprint density at radius 3 is 2.79 bits per heavy atom. The number of halogens is 1. The highest BCUT2D eigenvalue weighted by Gasteiger charge is 2.36. The second kappa shape index (κ2) is 8.58. The number of aromatic nitrogens is 2. The first-order chi connectivity index (χ1) is 15.9. The number of nitrogens with zero attached hydrogens (tertiary/aromatic N) is 2. The molecule has 0 unspecified atom stereocenters. The van der Waals surface area contributed by atoms with E-state index in [-0.39, 0.29) is 24.0 Å². The number of nitrogens with one attached hydrogen (secondary N) is 2. The van der Waals surface area contributed by atoms with E-state index in [9.17, 15) is 14.0 Å². The maximum absolute atomic E-state index is 14.1. The Bertz CT molecular complexity index is 1240. The summed E-state index contributed by atoms with van der Waals surface area (Å²) in [6.45, 7) is 1.79. The monoisotopic (exact) mass is 469 g/mol. The summed E-state index contributed by atoms with van der Waals surface area (Å²) in [4.78, 5) is 33.7. The van der Waals surface area contributed by atoms with E-state index in [1.807, 2.05) is 0 Å². The number of hydrogen-bond acceptors (Lipinski definition) is 7. The Balaban J connectivity index is 1.42. The van der Waals surface area contributed by atoms with Gasteiger partial charge in [-0.1, -0.05) is 0 Å². The lowest BCUT2D eigenvalue weighted by Gasteiger charge is -2.24. The number of primary amides is 1. The lowest BCUT2D eigenvalue weighted by molar-refractivity contribution is -0.123. The van der Waals surface area contributed by atoms with E-state index in [0.29, 0.717) is 37.9 Å². The second-order valence-electron chi connectivity index (χ2n) is 8.56. The van der Waals surface area contributed by atoms with Gasteiger partial charge in [0.05, 0.1) is 22.0 Å². The largest absolute Gasteiger partial charge is 0.486 e. The lowest BCUT2D eigenvalue weighted by atomic mass is 10.2. The Hall–Kier alpha value is -3.27. The molecule has 172 valence electrons. The van der Waals surface area contributed by atoms with Crippen molar-refractivity contribution in [1.29, 1.82) is 0 Å². The number of hydrogen-bond donors (Lipinski definition) is 3. The molecule has 3 aromatic rings. The Kier molecular flexibility index (Phi) is 5.61. The highest BCUT2D eigenvalue weighted by molar-refractivity contribution is 7.20. The van der Waals surface area contributed by atoms with Crippen LogP contribution in [0.1, 0.15) is 47.3 Å². The van der Waals surface area contributed by atoms with Gasteiger partial charge in [0, 0.05) is 12.0 Å². The summed E-state index contributed by atoms with van der Waals surface area (Å²) in [7, 11) is 0. The molecule has 2 amide bonds. The minimum atomic E-state index is -0.521. The first-order valence-electron chi connectivity index (χ1n) is 11.0. The van der Waals surface area contributed by atoms with Crippen LogP contribution in [0.3, 0.4) is 0 Å². The molecule has 10 heteroatoms. The van der Waals surface area contributed by atoms with Crippen LogP contribution < -0.4 is 21.1 Å². The normalized spacial score (nSPS) is 20.1. The third-order valence-corrected chi connectivity index (χ3v) is 7.37. The van der Waals surface area contributed by atoms with E-state index >= 15 is 0 Å². The SMILES string of the molecule is Cc1c(C(N)=O)sc2ncnc(Nc3ccc(F)cc3O[C@H]3CCC[C@@H]3NC(=O)C3CC3)c12. The van der Waals surface area contributed by atoms with Gasteiger partial charge in [0.15, 0.2) is 0 Å². The molecule has 2 atom stereocenters. The van der Waals surface area contributed by atoms with Gasteiger partial charge in [0.25, 0.3) is 5.91 Å². The summed E-state index contributed by atoms with van der Waals surface area (Å²) < 4.78 is 20.4. The highest BCUT2D eigenvalue weighted by atomic mass is 32.1. The van der Waals surface area contributed by atoms with Gasteiger partial charge < -0.3 is 21.1 Å². The summed E-state index contributed by atoms with van der Waals surface area (Å²) in [6.07, 6.45) is 5.56. The third kappa shape index (κ3) is 4.35. The van der Waals surface area contributed by atoms with Gasteiger partial charge in [-0.05, 0) is 56.7 Å². The number of amides is 2. The van der Waals surface area contributed by atoms with Crippen LogP contribution in [0.25, 0.3) is 10.2 Å². The van der Waals surface area contributed by atoms with Crippen molar-refractivity contribution in [3.63, 3.8) is 0 Å². The summed E-state index contributed by atoms with van der Waals surface area (Å²) in [6, 6.07) is 4.15. The number of carbonyl (C=O) groups is 2. The van der Waals surface area contributed by atoms with Gasteiger partial charge in [-0.15, -0.1) is 11.3 Å². The number of anilines is 2. The highest BCUT2D eigenvalue weighted by Crippen LogP contribution is 2.37. The van der Waals surface area contributed by atoms with E-state index in [1.54, 1.807) is 13.0 Å². The molecule has 2 aliphatic carbocycles. The van der Waals surface area contributed by atoms with Crippen molar-refractivity contribution in [2.45, 2.75) is 51.2 Å². The molecular formula is C23H24FN5O3S. The lowest BCUT2D eigenvalue weighted by Crippen LogP contribution is -2.43. The van der Waals surface area contributed by atoms with Crippen LogP contribution in [0.5, 0.6) is 5.75 Å². The molecule has 0 radical (unpaired) electrons. The van der Waals surface area contributed by atoms with E-state index in [4.69, 9.17) is 10.5 Å². The predicted octanol–water partition coefficient (Wildman–Crippen LogP) is 3.81. The van der Waals surface area contributed by atoms with Crippen LogP contribution in [0.2, 0.25) is 0 Å². The maximum Gasteiger partial charge on any atom is 0.259 e. The summed E-state index contributed by atoms with van der Waals surface area (Å²) in [5, 5.41) is 7.00. The first-order valence-corrected chi connectivity index (χ1v) is 11.8. The molecule has 2 fully saturated rings. The van der Waals surface area contributed by atoms with Crippen molar-refractivity contribution in [2.24, 2.45) is 11.7 Å². The van der Waals surface area contributed by atoms with Crippen molar-refractivity contribution < 1.29 is 18.7 Å². The fraction of sp³-hybridized carbons (Fsp3) is 0.391. The number of thiophene rings is 1. The number of aryl methyl sites for hydroxylation is 1. The number of benzene rings is 1. The Morgan fingerprint density at radius 1 is 1.21 bits per heavy atom. The molecule has 0 spiro atoms. The summed E-state index contributed by atoms with van der Waals surface area (Å²) in [5.74, 6) is 0.0622. The molecule has 0 saturated heterocycles. The van der Waals surface area contributed by atoms with E-state index in [2.05, 4.69) is 20.6 Å². The molecule has 2 heterocycles. The zero-order chi connectivity index (χ0) is 23.1. The van der Waals surface area contributed by atoms with Crippen LogP contribution >= 0.6 is 11.3 Å². The molecule has 0 aliphatic heterocycles.